The predicted octanol–water partition coefficient (Wildman–Crippen LogP) is -0.584. The van der Waals surface area contributed by atoms with E-state index in [1.54, 1.807) is 12.1 Å². The van der Waals surface area contributed by atoms with Crippen molar-refractivity contribution in [2.45, 2.75) is 6.54 Å². The number of hydrogen-bond donors (Lipinski definition) is 3. The summed E-state index contributed by atoms with van der Waals surface area (Å²) in [6.07, 6.45) is 1.52. The molecule has 0 saturated carbocycles. The summed E-state index contributed by atoms with van der Waals surface area (Å²) < 4.78 is 26.4. The Kier molecular flexibility index (Phi) is 3.39. The average Bonchev–Trinajstić information content (AvgIpc) is 2.19. The van der Waals surface area contributed by atoms with Gasteiger partial charge in [0.25, 0.3) is 10.2 Å². The van der Waals surface area contributed by atoms with Crippen LogP contribution >= 0.6 is 0 Å². The summed E-state index contributed by atoms with van der Waals surface area (Å²) >= 11 is 0. The number of pyridine rings is 1. The molecule has 14 heavy (non-hydrogen) atoms. The summed E-state index contributed by atoms with van der Waals surface area (Å²) in [5.74, 6) is 0.261. The van der Waals surface area contributed by atoms with Gasteiger partial charge in [-0.3, -0.25) is 4.72 Å². The zero-order chi connectivity index (χ0) is 10.6. The molecule has 0 aliphatic carbocycles. The molecule has 0 unspecified atom stereocenters. The molecule has 0 aliphatic rings. The molecule has 1 aromatic heterocycles. The number of nitrogens with one attached hydrogen (secondary N) is 2. The molecule has 0 aliphatic heterocycles. The minimum absolute atomic E-state index is 0.261. The summed E-state index contributed by atoms with van der Waals surface area (Å²) in [4.78, 5) is 3.87. The molecule has 6 nitrogen and oxygen atoms in total. The van der Waals surface area contributed by atoms with Crippen LogP contribution in [0.5, 0.6) is 0 Å². The van der Waals surface area contributed by atoms with E-state index < -0.39 is 10.2 Å². The Morgan fingerprint density at radius 2 is 2.21 bits per heavy atom. The lowest BCUT2D eigenvalue weighted by Gasteiger charge is -2.05. The Bertz CT molecular complexity index is 387. The van der Waals surface area contributed by atoms with Crippen molar-refractivity contribution in [3.05, 3.63) is 23.9 Å². The van der Waals surface area contributed by atoms with Crippen molar-refractivity contribution < 1.29 is 8.42 Å². The molecule has 0 bridgehead atoms. The number of rotatable bonds is 4. The zero-order valence-corrected chi connectivity index (χ0v) is 8.50. The maximum Gasteiger partial charge on any atom is 0.300 e. The fourth-order valence-corrected chi connectivity index (χ4v) is 1.29. The molecule has 1 rings (SSSR count). The molecule has 1 aromatic rings. The lowest BCUT2D eigenvalue weighted by Crippen LogP contribution is -2.26. The number of anilines is 1. The number of nitrogens with two attached hydrogens (primary N) is 1. The van der Waals surface area contributed by atoms with Gasteiger partial charge in [0.2, 0.25) is 0 Å². The predicted molar refractivity (Wildman–Crippen MR) is 53.7 cm³/mol. The maximum atomic E-state index is 11.0. The van der Waals surface area contributed by atoms with E-state index in [2.05, 4.69) is 14.4 Å². The van der Waals surface area contributed by atoms with E-state index in [1.165, 1.54) is 13.2 Å². The van der Waals surface area contributed by atoms with Gasteiger partial charge < -0.3 is 5.73 Å². The van der Waals surface area contributed by atoms with Crippen molar-refractivity contribution in [3.63, 3.8) is 0 Å². The first-order valence-corrected chi connectivity index (χ1v) is 5.42. The molecular weight excluding hydrogens is 204 g/mol. The fourth-order valence-electron chi connectivity index (χ4n) is 0.794. The highest BCUT2D eigenvalue weighted by molar-refractivity contribution is 7.90. The Labute approximate surface area is 82.7 Å². The number of nitrogens with zero attached hydrogens (tertiary/aromatic N) is 1. The highest BCUT2D eigenvalue weighted by Gasteiger charge is 2.06. The second-order valence-electron chi connectivity index (χ2n) is 2.57. The quantitative estimate of drug-likeness (QED) is 0.627. The summed E-state index contributed by atoms with van der Waals surface area (Å²) in [6.45, 7) is 0.381. The van der Waals surface area contributed by atoms with Crippen molar-refractivity contribution in [2.75, 3.05) is 11.8 Å². The van der Waals surface area contributed by atoms with Crippen LogP contribution in [0.3, 0.4) is 0 Å². The van der Waals surface area contributed by atoms with Gasteiger partial charge >= 0.3 is 0 Å². The molecular formula is C7H12N4O2S. The topological polar surface area (TPSA) is 97.1 Å². The second-order valence-corrected chi connectivity index (χ2v) is 4.18. The SMILES string of the molecule is CNS(=O)(=O)Nc1ccc(CN)cn1. The Morgan fingerprint density at radius 1 is 1.50 bits per heavy atom. The van der Waals surface area contributed by atoms with Gasteiger partial charge in [0, 0.05) is 19.8 Å². The molecule has 78 valence electrons. The van der Waals surface area contributed by atoms with Crippen LogP contribution in [0.4, 0.5) is 5.82 Å². The van der Waals surface area contributed by atoms with Gasteiger partial charge in [-0.15, -0.1) is 0 Å². The third kappa shape index (κ3) is 2.95. The Morgan fingerprint density at radius 3 is 2.64 bits per heavy atom. The van der Waals surface area contributed by atoms with E-state index >= 15 is 0 Å². The minimum atomic E-state index is -3.49. The van der Waals surface area contributed by atoms with E-state index in [9.17, 15) is 8.42 Å². The van der Waals surface area contributed by atoms with E-state index in [0.29, 0.717) is 6.54 Å². The second kappa shape index (κ2) is 4.36. The molecule has 0 spiro atoms. The van der Waals surface area contributed by atoms with Gasteiger partial charge in [0.15, 0.2) is 0 Å². The normalized spacial score (nSPS) is 11.3. The van der Waals surface area contributed by atoms with E-state index in [-0.39, 0.29) is 5.82 Å². The van der Waals surface area contributed by atoms with Crippen LogP contribution in [0.25, 0.3) is 0 Å². The first-order chi connectivity index (χ1) is 6.57. The number of aromatic nitrogens is 1. The third-order valence-electron chi connectivity index (χ3n) is 1.57. The van der Waals surface area contributed by atoms with Crippen LogP contribution in [-0.2, 0) is 16.8 Å². The van der Waals surface area contributed by atoms with E-state index in [0.717, 1.165) is 5.56 Å². The Balaban J connectivity index is 2.79. The van der Waals surface area contributed by atoms with Crippen molar-refractivity contribution in [3.8, 4) is 0 Å². The molecule has 0 atom stereocenters. The molecule has 0 amide bonds. The molecule has 0 fully saturated rings. The van der Waals surface area contributed by atoms with Gasteiger partial charge in [-0.2, -0.15) is 8.42 Å². The van der Waals surface area contributed by atoms with Gasteiger partial charge in [-0.1, -0.05) is 6.07 Å². The maximum absolute atomic E-state index is 11.0. The lowest BCUT2D eigenvalue weighted by molar-refractivity contribution is 0.593. The summed E-state index contributed by atoms with van der Waals surface area (Å²) in [5.41, 5.74) is 6.21. The van der Waals surface area contributed by atoms with Crippen LogP contribution in [0, 0.1) is 0 Å². The first-order valence-electron chi connectivity index (χ1n) is 3.93. The average molecular weight is 216 g/mol. The van der Waals surface area contributed by atoms with Gasteiger partial charge in [-0.05, 0) is 11.6 Å². The van der Waals surface area contributed by atoms with Crippen LogP contribution in [0.15, 0.2) is 18.3 Å². The standard InChI is InChI=1S/C7H12N4O2S/c1-9-14(12,13)11-7-3-2-6(4-8)5-10-7/h2-3,5,9H,4,8H2,1H3,(H,10,11). The van der Waals surface area contributed by atoms with Crippen molar-refractivity contribution >= 4 is 16.0 Å². The van der Waals surface area contributed by atoms with Crippen LogP contribution in [-0.4, -0.2) is 20.4 Å². The van der Waals surface area contributed by atoms with Gasteiger partial charge in [0.05, 0.1) is 0 Å². The first kappa shape index (κ1) is 10.9. The summed E-state index contributed by atoms with van der Waals surface area (Å²) in [7, 11) is -2.17. The highest BCUT2D eigenvalue weighted by Crippen LogP contribution is 2.05. The van der Waals surface area contributed by atoms with E-state index in [1.807, 2.05) is 0 Å². The largest absolute Gasteiger partial charge is 0.326 e. The van der Waals surface area contributed by atoms with Crippen molar-refractivity contribution in [2.24, 2.45) is 5.73 Å². The fraction of sp³-hybridized carbons (Fsp3) is 0.286. The molecule has 1 heterocycles. The van der Waals surface area contributed by atoms with Crippen molar-refractivity contribution in [1.29, 1.82) is 0 Å². The van der Waals surface area contributed by atoms with E-state index in [4.69, 9.17) is 5.73 Å². The zero-order valence-electron chi connectivity index (χ0n) is 7.69. The minimum Gasteiger partial charge on any atom is -0.326 e. The third-order valence-corrected chi connectivity index (χ3v) is 2.58. The molecule has 4 N–H and O–H groups in total. The van der Waals surface area contributed by atoms with Crippen molar-refractivity contribution in [1.82, 2.24) is 9.71 Å². The van der Waals surface area contributed by atoms with Crippen LogP contribution in [0.2, 0.25) is 0 Å². The monoisotopic (exact) mass is 216 g/mol. The smallest absolute Gasteiger partial charge is 0.300 e. The Hall–Kier alpha value is -1.18. The summed E-state index contributed by atoms with van der Waals surface area (Å²) in [6, 6.07) is 3.26. The van der Waals surface area contributed by atoms with Gasteiger partial charge in [-0.25, -0.2) is 9.71 Å². The van der Waals surface area contributed by atoms with Crippen LogP contribution in [0.1, 0.15) is 5.56 Å². The molecule has 7 heteroatoms. The molecule has 0 saturated heterocycles. The van der Waals surface area contributed by atoms with Crippen LogP contribution < -0.4 is 15.2 Å². The molecule has 0 radical (unpaired) electrons. The lowest BCUT2D eigenvalue weighted by atomic mass is 10.3. The van der Waals surface area contributed by atoms with Gasteiger partial charge in [0.1, 0.15) is 5.82 Å². The highest BCUT2D eigenvalue weighted by atomic mass is 32.2. The summed E-state index contributed by atoms with van der Waals surface area (Å²) in [5, 5.41) is 0. The molecule has 0 aromatic carbocycles. The number of hydrogen-bond acceptors (Lipinski definition) is 4.